The Labute approximate surface area is 195 Å². The molecule has 2 N–H and O–H groups in total. The molecule has 0 aliphatic carbocycles. The van der Waals surface area contributed by atoms with E-state index in [1.807, 2.05) is 25.2 Å². The van der Waals surface area contributed by atoms with Gasteiger partial charge in [0.15, 0.2) is 5.13 Å². The summed E-state index contributed by atoms with van der Waals surface area (Å²) in [6.07, 6.45) is 6.13. The number of benzene rings is 1. The molecule has 170 valence electrons. The molecule has 32 heavy (non-hydrogen) atoms. The van der Waals surface area contributed by atoms with E-state index in [1.54, 1.807) is 11.3 Å². The molecule has 2 aromatic heterocycles. The van der Waals surface area contributed by atoms with Crippen molar-refractivity contribution in [3.05, 3.63) is 40.4 Å². The van der Waals surface area contributed by atoms with Crippen LogP contribution in [-0.4, -0.2) is 46.1 Å². The molecule has 3 aromatic rings. The number of aromatic nitrogens is 2. The number of fused-ring (bicyclic) bond motifs is 1. The van der Waals surface area contributed by atoms with Gasteiger partial charge in [-0.05, 0) is 81.7 Å². The second kappa shape index (κ2) is 8.16. The zero-order chi connectivity index (χ0) is 23.3. The molecule has 1 saturated heterocycles. The van der Waals surface area contributed by atoms with Crippen molar-refractivity contribution < 1.29 is 0 Å². The highest BCUT2D eigenvalue weighted by atomic mass is 32.1. The summed E-state index contributed by atoms with van der Waals surface area (Å²) >= 11 is 1.71. The molecule has 0 unspecified atom stereocenters. The third-order valence-electron chi connectivity index (χ3n) is 5.99. The predicted octanol–water partition coefficient (Wildman–Crippen LogP) is 4.10. The fourth-order valence-electron chi connectivity index (χ4n) is 5.04. The maximum absolute atomic E-state index is 4.83. The number of anilines is 1. The van der Waals surface area contributed by atoms with E-state index in [0.29, 0.717) is 6.04 Å². The number of hydrogen-bond acceptors (Lipinski definition) is 6. The first-order chi connectivity index (χ1) is 14.9. The molecule has 1 fully saturated rings. The average Bonchev–Trinajstić information content (AvgIpc) is 3.03. The smallest absolute Gasteiger partial charge is 0.184 e. The highest BCUT2D eigenvalue weighted by molar-refractivity contribution is 7.22. The van der Waals surface area contributed by atoms with Gasteiger partial charge in [0.05, 0.1) is 16.6 Å². The molecule has 0 saturated carbocycles. The number of pyridine rings is 1. The monoisotopic (exact) mass is 449 g/mol. The minimum atomic E-state index is 0.101. The van der Waals surface area contributed by atoms with E-state index < -0.39 is 0 Å². The maximum Gasteiger partial charge on any atom is 0.184 e. The van der Waals surface area contributed by atoms with Gasteiger partial charge < -0.3 is 15.5 Å². The lowest BCUT2D eigenvalue weighted by Gasteiger charge is -2.46. The van der Waals surface area contributed by atoms with Crippen LogP contribution in [0.15, 0.2) is 24.4 Å². The van der Waals surface area contributed by atoms with Crippen LogP contribution in [0.3, 0.4) is 0 Å². The second-order valence-corrected chi connectivity index (χ2v) is 11.7. The fraction of sp³-hybridized carbons (Fsp3) is 0.462. The van der Waals surface area contributed by atoms with Gasteiger partial charge in [0, 0.05) is 43.0 Å². The van der Waals surface area contributed by atoms with Gasteiger partial charge in [-0.15, -0.1) is 0 Å². The molecule has 1 aliphatic heterocycles. The van der Waals surface area contributed by atoms with Gasteiger partial charge in [-0.25, -0.2) is 4.98 Å². The number of aryl methyl sites for hydroxylation is 1. The molecule has 0 atom stereocenters. The van der Waals surface area contributed by atoms with E-state index in [2.05, 4.69) is 76.2 Å². The minimum absolute atomic E-state index is 0.101. The normalized spacial score (nSPS) is 18.8. The van der Waals surface area contributed by atoms with Crippen molar-refractivity contribution in [2.24, 2.45) is 0 Å². The first-order valence-corrected chi connectivity index (χ1v) is 12.0. The van der Waals surface area contributed by atoms with E-state index in [0.717, 1.165) is 49.9 Å². The van der Waals surface area contributed by atoms with Gasteiger partial charge in [-0.1, -0.05) is 17.9 Å². The molecular formula is C26H35N5S. The summed E-state index contributed by atoms with van der Waals surface area (Å²) in [5.41, 5.74) is 4.39. The Kier molecular flexibility index (Phi) is 5.80. The molecule has 6 heteroatoms. The van der Waals surface area contributed by atoms with Crippen LogP contribution >= 0.6 is 11.3 Å². The summed E-state index contributed by atoms with van der Waals surface area (Å²) in [6.45, 7) is 15.4. The number of piperidine rings is 1. The third kappa shape index (κ3) is 4.97. The van der Waals surface area contributed by atoms with Gasteiger partial charge in [0.25, 0.3) is 0 Å². The lowest BCUT2D eigenvalue weighted by atomic mass is 9.80. The van der Waals surface area contributed by atoms with Crippen LogP contribution < -0.4 is 21.1 Å². The molecule has 4 rings (SSSR count). The van der Waals surface area contributed by atoms with Crippen molar-refractivity contribution in [2.75, 3.05) is 19.4 Å². The Morgan fingerprint density at radius 2 is 1.84 bits per heavy atom. The molecule has 3 heterocycles. The molecule has 0 bridgehead atoms. The van der Waals surface area contributed by atoms with Crippen LogP contribution in [-0.2, 0) is 0 Å². The van der Waals surface area contributed by atoms with E-state index in [9.17, 15) is 0 Å². The lowest BCUT2D eigenvalue weighted by molar-refractivity contribution is 0.170. The summed E-state index contributed by atoms with van der Waals surface area (Å²) in [4.78, 5) is 11.6. The van der Waals surface area contributed by atoms with Crippen molar-refractivity contribution in [2.45, 2.75) is 64.6 Å². The van der Waals surface area contributed by atoms with Crippen LogP contribution in [0.5, 0.6) is 0 Å². The highest BCUT2D eigenvalue weighted by Crippen LogP contribution is 2.33. The quantitative estimate of drug-likeness (QED) is 0.628. The summed E-state index contributed by atoms with van der Waals surface area (Å²) < 4.78 is 1.15. The Hall–Kier alpha value is -2.44. The van der Waals surface area contributed by atoms with Crippen molar-refractivity contribution in [3.63, 3.8) is 0 Å². The number of nitrogens with zero attached hydrogens (tertiary/aromatic N) is 3. The van der Waals surface area contributed by atoms with Gasteiger partial charge in [-0.3, -0.25) is 4.98 Å². The number of thiazole rings is 1. The van der Waals surface area contributed by atoms with Crippen LogP contribution in [0.4, 0.5) is 5.13 Å². The van der Waals surface area contributed by atoms with Crippen molar-refractivity contribution in [1.82, 2.24) is 20.2 Å². The standard InChI is InChI=1S/C26H35N5S/c1-16-9-18(10-19(17(16)2)15-31(7)8)21-11-23-22(14-27-21)29-24(32-23)28-20-12-25(3,4)30-26(5,6)13-20/h9-11,14-15,20,30H,2,12-13H2,1,3-8H3,(H,28,29)/b19-15-. The predicted molar refractivity (Wildman–Crippen MR) is 138 cm³/mol. The van der Waals surface area contributed by atoms with Crippen LogP contribution in [0.1, 0.15) is 46.1 Å². The van der Waals surface area contributed by atoms with Crippen LogP contribution in [0, 0.1) is 6.92 Å². The minimum Gasteiger partial charge on any atom is -0.383 e. The van der Waals surface area contributed by atoms with E-state index in [1.165, 1.54) is 5.56 Å². The second-order valence-electron chi connectivity index (χ2n) is 10.7. The van der Waals surface area contributed by atoms with Gasteiger partial charge in [-0.2, -0.15) is 0 Å². The summed E-state index contributed by atoms with van der Waals surface area (Å²) in [7, 11) is 4.06. The first kappa shape index (κ1) is 22.7. The SMILES string of the molecule is C=c1c(C)cc(-c2cc3sc(NC4CC(C)(C)NC(C)(C)C4)nc3cn2)c/c1=C/N(C)C. The Morgan fingerprint density at radius 3 is 2.50 bits per heavy atom. The lowest BCUT2D eigenvalue weighted by Crippen LogP contribution is -2.60. The zero-order valence-electron chi connectivity index (χ0n) is 20.3. The molecule has 0 radical (unpaired) electrons. The van der Waals surface area contributed by atoms with Gasteiger partial charge >= 0.3 is 0 Å². The number of rotatable bonds is 4. The molecule has 0 amide bonds. The van der Waals surface area contributed by atoms with E-state index >= 15 is 0 Å². The Bertz CT molecular complexity index is 1240. The molecule has 0 spiro atoms. The first-order valence-electron chi connectivity index (χ1n) is 11.2. The molecular weight excluding hydrogens is 414 g/mol. The van der Waals surface area contributed by atoms with Gasteiger partial charge in [0.2, 0.25) is 0 Å². The zero-order valence-corrected chi connectivity index (χ0v) is 21.2. The highest BCUT2D eigenvalue weighted by Gasteiger charge is 2.37. The van der Waals surface area contributed by atoms with E-state index in [-0.39, 0.29) is 11.1 Å². The summed E-state index contributed by atoms with van der Waals surface area (Å²) in [6, 6.07) is 6.89. The topological polar surface area (TPSA) is 53.1 Å². The Morgan fingerprint density at radius 1 is 1.16 bits per heavy atom. The van der Waals surface area contributed by atoms with Crippen molar-refractivity contribution >= 4 is 39.5 Å². The summed E-state index contributed by atoms with van der Waals surface area (Å²) in [5, 5.41) is 10.6. The van der Waals surface area contributed by atoms with Crippen molar-refractivity contribution in [3.8, 4) is 11.3 Å². The molecule has 5 nitrogen and oxygen atoms in total. The maximum atomic E-state index is 4.83. The summed E-state index contributed by atoms with van der Waals surface area (Å²) in [5.74, 6) is 0. The van der Waals surface area contributed by atoms with Gasteiger partial charge in [0.1, 0.15) is 5.52 Å². The fourth-order valence-corrected chi connectivity index (χ4v) is 5.99. The molecule has 1 aliphatic rings. The number of nitrogens with one attached hydrogen (secondary N) is 2. The average molecular weight is 450 g/mol. The third-order valence-corrected chi connectivity index (χ3v) is 6.94. The van der Waals surface area contributed by atoms with Crippen LogP contribution in [0.2, 0.25) is 0 Å². The van der Waals surface area contributed by atoms with E-state index in [4.69, 9.17) is 9.97 Å². The van der Waals surface area contributed by atoms with Crippen molar-refractivity contribution in [1.29, 1.82) is 0 Å². The molecule has 1 aromatic carbocycles. The Balaban J connectivity index is 1.65. The number of hydrogen-bond donors (Lipinski definition) is 2. The van der Waals surface area contributed by atoms with Crippen LogP contribution in [0.25, 0.3) is 34.3 Å². The largest absolute Gasteiger partial charge is 0.383 e.